The third-order valence-electron chi connectivity index (χ3n) is 4.81. The molecule has 1 unspecified atom stereocenters. The van der Waals surface area contributed by atoms with Crippen LogP contribution in [-0.4, -0.2) is 32.7 Å². The molecular formula is C19H18Cl2F3N3O. The molecule has 1 saturated carbocycles. The second-order valence-corrected chi connectivity index (χ2v) is 7.53. The van der Waals surface area contributed by atoms with Gasteiger partial charge in [0.25, 0.3) is 12.3 Å². The van der Waals surface area contributed by atoms with Gasteiger partial charge in [-0.15, -0.1) is 0 Å². The summed E-state index contributed by atoms with van der Waals surface area (Å²) in [5, 5.41) is 4.17. The Kier molecular flexibility index (Phi) is 5.77. The zero-order valence-electron chi connectivity index (χ0n) is 15.2. The summed E-state index contributed by atoms with van der Waals surface area (Å²) in [5.41, 5.74) is -0.671. The van der Waals surface area contributed by atoms with Gasteiger partial charge in [-0.2, -0.15) is 9.49 Å². The van der Waals surface area contributed by atoms with E-state index in [0.717, 1.165) is 0 Å². The number of rotatable bonds is 6. The van der Waals surface area contributed by atoms with E-state index >= 15 is 0 Å². The van der Waals surface area contributed by atoms with Crippen molar-refractivity contribution in [3.63, 3.8) is 0 Å². The first-order valence-corrected chi connectivity index (χ1v) is 9.37. The molecule has 1 aliphatic rings. The first kappa shape index (κ1) is 20.7. The van der Waals surface area contributed by atoms with Crippen LogP contribution in [0.15, 0.2) is 24.8 Å². The molecule has 1 aromatic carbocycles. The SMILES string of the molecule is C=C(c1c(Cl)cccc1Cl)C(C)N(C(=O)c1c(C(F)F)nn(C)c1F)C1CC1. The number of amides is 1. The van der Waals surface area contributed by atoms with E-state index < -0.39 is 35.6 Å². The normalized spacial score (nSPS) is 15.0. The van der Waals surface area contributed by atoms with Crippen LogP contribution >= 0.6 is 23.2 Å². The highest BCUT2D eigenvalue weighted by atomic mass is 35.5. The molecule has 0 spiro atoms. The van der Waals surface area contributed by atoms with Crippen LogP contribution in [-0.2, 0) is 7.05 Å². The Morgan fingerprint density at radius 3 is 2.36 bits per heavy atom. The van der Waals surface area contributed by atoms with Gasteiger partial charge in [0, 0.05) is 28.7 Å². The lowest BCUT2D eigenvalue weighted by Crippen LogP contribution is -2.41. The van der Waals surface area contributed by atoms with Crippen LogP contribution in [0.5, 0.6) is 0 Å². The van der Waals surface area contributed by atoms with Gasteiger partial charge in [0.1, 0.15) is 11.3 Å². The highest BCUT2D eigenvalue weighted by Gasteiger charge is 2.41. The molecule has 0 radical (unpaired) electrons. The molecule has 1 amide bonds. The molecule has 0 N–H and O–H groups in total. The Bertz CT molecular complexity index is 920. The number of hydrogen-bond acceptors (Lipinski definition) is 2. The van der Waals surface area contributed by atoms with E-state index in [2.05, 4.69) is 11.7 Å². The predicted molar refractivity (Wildman–Crippen MR) is 102 cm³/mol. The zero-order chi connectivity index (χ0) is 20.7. The lowest BCUT2D eigenvalue weighted by molar-refractivity contribution is 0.0698. The number of carbonyl (C=O) groups is 1. The van der Waals surface area contributed by atoms with E-state index in [0.29, 0.717) is 38.7 Å². The van der Waals surface area contributed by atoms with Crippen molar-refractivity contribution >= 4 is 34.7 Å². The fraction of sp³-hybridized carbons (Fsp3) is 0.368. The summed E-state index contributed by atoms with van der Waals surface area (Å²) >= 11 is 12.5. The van der Waals surface area contributed by atoms with Crippen LogP contribution in [0.3, 0.4) is 0 Å². The van der Waals surface area contributed by atoms with Gasteiger partial charge in [-0.05, 0) is 37.5 Å². The molecule has 9 heteroatoms. The van der Waals surface area contributed by atoms with Crippen molar-refractivity contribution < 1.29 is 18.0 Å². The second kappa shape index (κ2) is 7.79. The standard InChI is InChI=1S/C19H18Cl2F3N3O/c1-9(14-12(20)5-4-6-13(14)21)10(2)27(11-7-8-11)19(28)15-16(17(22)23)25-26(3)18(15)24/h4-6,10-11,17H,1,7-8H2,2-3H3. The van der Waals surface area contributed by atoms with Crippen LogP contribution in [0.2, 0.25) is 10.0 Å². The van der Waals surface area contributed by atoms with E-state index in [1.165, 1.54) is 11.9 Å². The zero-order valence-corrected chi connectivity index (χ0v) is 16.7. The molecule has 28 heavy (non-hydrogen) atoms. The maximum Gasteiger partial charge on any atom is 0.283 e. The van der Waals surface area contributed by atoms with Crippen molar-refractivity contribution in [2.24, 2.45) is 7.05 Å². The molecule has 1 aliphatic carbocycles. The Labute approximate surface area is 170 Å². The summed E-state index contributed by atoms with van der Waals surface area (Å²) in [6, 6.07) is 4.11. The van der Waals surface area contributed by atoms with Crippen molar-refractivity contribution in [1.29, 1.82) is 0 Å². The Morgan fingerprint density at radius 2 is 1.86 bits per heavy atom. The van der Waals surface area contributed by atoms with Crippen molar-refractivity contribution in [2.75, 3.05) is 0 Å². The maximum atomic E-state index is 14.4. The van der Waals surface area contributed by atoms with Crippen LogP contribution in [0, 0.1) is 5.95 Å². The molecule has 1 heterocycles. The Balaban J connectivity index is 2.01. The third kappa shape index (κ3) is 3.65. The van der Waals surface area contributed by atoms with E-state index in [4.69, 9.17) is 23.2 Å². The summed E-state index contributed by atoms with van der Waals surface area (Å²) in [4.78, 5) is 14.5. The van der Waals surface area contributed by atoms with Crippen LogP contribution < -0.4 is 0 Å². The molecule has 0 aliphatic heterocycles. The minimum absolute atomic E-state index is 0.203. The summed E-state index contributed by atoms with van der Waals surface area (Å²) in [5.74, 6) is -1.94. The quantitative estimate of drug-likeness (QED) is 0.604. The lowest BCUT2D eigenvalue weighted by Gasteiger charge is -2.31. The highest BCUT2D eigenvalue weighted by molar-refractivity contribution is 6.37. The average Bonchev–Trinajstić information content (AvgIpc) is 3.40. The number of carbonyl (C=O) groups excluding carboxylic acids is 1. The fourth-order valence-electron chi connectivity index (χ4n) is 3.19. The molecule has 3 rings (SSSR count). The third-order valence-corrected chi connectivity index (χ3v) is 5.43. The minimum atomic E-state index is -3.08. The Hall–Kier alpha value is -1.99. The van der Waals surface area contributed by atoms with Gasteiger partial charge in [0.2, 0.25) is 5.95 Å². The highest BCUT2D eigenvalue weighted by Crippen LogP contribution is 2.39. The average molecular weight is 432 g/mol. The summed E-state index contributed by atoms with van der Waals surface area (Å²) in [7, 11) is 1.17. The molecular weight excluding hydrogens is 414 g/mol. The number of benzene rings is 1. The fourth-order valence-corrected chi connectivity index (χ4v) is 3.83. The first-order chi connectivity index (χ1) is 13.1. The number of halogens is 5. The summed E-state index contributed by atoms with van der Waals surface area (Å²) in [6.45, 7) is 5.70. The van der Waals surface area contributed by atoms with Crippen molar-refractivity contribution in [3.8, 4) is 0 Å². The maximum absolute atomic E-state index is 14.4. The van der Waals surface area contributed by atoms with Gasteiger partial charge >= 0.3 is 0 Å². The minimum Gasteiger partial charge on any atom is -0.329 e. The first-order valence-electron chi connectivity index (χ1n) is 8.61. The molecule has 2 aromatic rings. The number of aromatic nitrogens is 2. The molecule has 1 atom stereocenters. The predicted octanol–water partition coefficient (Wildman–Crippen LogP) is 5.51. The van der Waals surface area contributed by atoms with Crippen molar-refractivity contribution in [1.82, 2.24) is 14.7 Å². The van der Waals surface area contributed by atoms with Gasteiger partial charge in [-0.25, -0.2) is 13.5 Å². The van der Waals surface area contributed by atoms with Crippen LogP contribution in [0.25, 0.3) is 5.57 Å². The monoisotopic (exact) mass is 431 g/mol. The van der Waals surface area contributed by atoms with Gasteiger partial charge in [0.05, 0.1) is 6.04 Å². The molecule has 4 nitrogen and oxygen atoms in total. The largest absolute Gasteiger partial charge is 0.329 e. The van der Waals surface area contributed by atoms with E-state index in [1.54, 1.807) is 25.1 Å². The number of hydrogen-bond donors (Lipinski definition) is 0. The number of alkyl halides is 2. The van der Waals surface area contributed by atoms with Gasteiger partial charge < -0.3 is 4.90 Å². The Morgan fingerprint density at radius 1 is 1.29 bits per heavy atom. The van der Waals surface area contributed by atoms with Gasteiger partial charge in [-0.1, -0.05) is 35.8 Å². The second-order valence-electron chi connectivity index (χ2n) is 6.72. The molecule has 0 saturated heterocycles. The molecule has 1 aromatic heterocycles. The molecule has 1 fully saturated rings. The van der Waals surface area contributed by atoms with E-state index in [9.17, 15) is 18.0 Å². The molecule has 150 valence electrons. The van der Waals surface area contributed by atoms with Crippen LogP contribution in [0.1, 0.15) is 47.8 Å². The van der Waals surface area contributed by atoms with Gasteiger partial charge in [-0.3, -0.25) is 4.79 Å². The van der Waals surface area contributed by atoms with Crippen molar-refractivity contribution in [2.45, 2.75) is 38.3 Å². The summed E-state index contributed by atoms with van der Waals surface area (Å²) < 4.78 is 41.7. The smallest absolute Gasteiger partial charge is 0.283 e. The van der Waals surface area contributed by atoms with Crippen LogP contribution in [0.4, 0.5) is 13.2 Å². The van der Waals surface area contributed by atoms with Crippen molar-refractivity contribution in [3.05, 3.63) is 57.6 Å². The van der Waals surface area contributed by atoms with E-state index in [-0.39, 0.29) is 6.04 Å². The molecule has 0 bridgehead atoms. The number of nitrogens with zero attached hydrogens (tertiary/aromatic N) is 3. The van der Waals surface area contributed by atoms with E-state index in [1.807, 2.05) is 0 Å². The summed E-state index contributed by atoms with van der Waals surface area (Å²) in [6.07, 6.45) is -1.70. The topological polar surface area (TPSA) is 38.1 Å². The lowest BCUT2D eigenvalue weighted by atomic mass is 9.99. The number of aryl methyl sites for hydroxylation is 1. The van der Waals surface area contributed by atoms with Gasteiger partial charge in [0.15, 0.2) is 0 Å².